The molecule has 0 aromatic carbocycles. The molecule has 4 aromatic heterocycles. The Morgan fingerprint density at radius 1 is 1.16 bits per heavy atom. The van der Waals surface area contributed by atoms with Crippen molar-refractivity contribution in [2.45, 2.75) is 37.6 Å². The highest BCUT2D eigenvalue weighted by molar-refractivity contribution is 7.90. The van der Waals surface area contributed by atoms with Crippen molar-refractivity contribution in [2.75, 3.05) is 36.5 Å². The van der Waals surface area contributed by atoms with E-state index in [1.165, 1.54) is 30.9 Å². The zero-order chi connectivity index (χ0) is 31.2. The van der Waals surface area contributed by atoms with Gasteiger partial charge in [0.2, 0.25) is 5.91 Å². The highest BCUT2D eigenvalue weighted by Crippen LogP contribution is 2.35. The first-order chi connectivity index (χ1) is 20.3. The van der Waals surface area contributed by atoms with Gasteiger partial charge in [0, 0.05) is 44.3 Å². The highest BCUT2D eigenvalue weighted by atomic mass is 32.2. The number of pyridine rings is 2. The molecule has 0 unspecified atom stereocenters. The van der Waals surface area contributed by atoms with Crippen LogP contribution in [0.3, 0.4) is 0 Å². The third-order valence-electron chi connectivity index (χ3n) is 7.31. The lowest BCUT2D eigenvalue weighted by Gasteiger charge is -2.40. The summed E-state index contributed by atoms with van der Waals surface area (Å²) < 4.78 is 42.9. The van der Waals surface area contributed by atoms with Gasteiger partial charge in [0.1, 0.15) is 28.4 Å². The van der Waals surface area contributed by atoms with Gasteiger partial charge in [0.15, 0.2) is 21.3 Å². The van der Waals surface area contributed by atoms with Crippen LogP contribution in [0.2, 0.25) is 0 Å². The third-order valence-corrected chi connectivity index (χ3v) is 8.41. The number of nitrogen functional groups attached to an aromatic ring is 1. The average Bonchev–Trinajstić information content (AvgIpc) is 2.96. The molecular weight excluding hydrogens is 577 g/mol. The summed E-state index contributed by atoms with van der Waals surface area (Å²) in [7, 11) is -3.90. The maximum absolute atomic E-state index is 15.9. The normalized spacial score (nSPS) is 15.7. The maximum Gasteiger partial charge on any atom is 0.355 e. The Balaban J connectivity index is 1.88. The number of hydrogen-bond donors (Lipinski definition) is 1. The van der Waals surface area contributed by atoms with Gasteiger partial charge in [0.25, 0.3) is 0 Å². The Morgan fingerprint density at radius 3 is 2.53 bits per heavy atom. The zero-order valence-electron chi connectivity index (χ0n) is 24.0. The Hall–Kier alpha value is -4.79. The number of carbonyl (C=O) groups is 1. The first-order valence-corrected chi connectivity index (χ1v) is 15.3. The quantitative estimate of drug-likeness (QED) is 0.318. The van der Waals surface area contributed by atoms with Gasteiger partial charge >= 0.3 is 5.69 Å². The van der Waals surface area contributed by atoms with E-state index in [1.807, 2.05) is 20.8 Å². The number of anilines is 2. The van der Waals surface area contributed by atoms with Crippen molar-refractivity contribution in [3.8, 4) is 17.1 Å². The zero-order valence-corrected chi connectivity index (χ0v) is 24.8. The van der Waals surface area contributed by atoms with E-state index in [1.54, 1.807) is 9.80 Å². The number of nitrogens with two attached hydrogens (primary N) is 1. The molecule has 13 nitrogen and oxygen atoms in total. The number of carbonyl (C=O) groups excluding carboxylic acids is 1. The number of nitrogens with zero attached hydrogens (tertiary/aromatic N) is 8. The van der Waals surface area contributed by atoms with Gasteiger partial charge in [-0.2, -0.15) is 4.98 Å². The van der Waals surface area contributed by atoms with Crippen LogP contribution in [0, 0.1) is 5.82 Å². The summed E-state index contributed by atoms with van der Waals surface area (Å²) in [5, 5.41) is 0.148. The van der Waals surface area contributed by atoms with Crippen molar-refractivity contribution in [3.05, 3.63) is 65.5 Å². The minimum absolute atomic E-state index is 0.00108. The standard InChI is InChI=1S/C28H30FN9O4S/c1-6-22(39)36-7-8-37(16(4)13-36)26-17-9-19(29)23(24-20(30)11-32-14-33-24)34-27(17)38(28(40)35-26)25-18(15(2)3)10-31-12-21(25)43(5,41)42/h6,9-12,14-16H,1,7-8,13,30H2,2-5H3/t16-/m0/s1. The van der Waals surface area contributed by atoms with E-state index in [4.69, 9.17) is 5.73 Å². The van der Waals surface area contributed by atoms with Gasteiger partial charge in [-0.15, -0.1) is 0 Å². The fourth-order valence-electron chi connectivity index (χ4n) is 5.21. The third kappa shape index (κ3) is 5.31. The van der Waals surface area contributed by atoms with Crippen LogP contribution >= 0.6 is 0 Å². The molecule has 0 saturated carbocycles. The van der Waals surface area contributed by atoms with E-state index < -0.39 is 21.3 Å². The Bertz CT molecular complexity index is 1940. The van der Waals surface area contributed by atoms with Gasteiger partial charge < -0.3 is 15.5 Å². The number of rotatable bonds is 6. The van der Waals surface area contributed by atoms with Crippen molar-refractivity contribution < 1.29 is 17.6 Å². The summed E-state index contributed by atoms with van der Waals surface area (Å²) in [5.74, 6) is -1.14. The molecule has 1 saturated heterocycles. The van der Waals surface area contributed by atoms with E-state index in [0.29, 0.717) is 18.7 Å². The average molecular weight is 608 g/mol. The Labute approximate surface area is 246 Å². The summed E-state index contributed by atoms with van der Waals surface area (Å²) in [6, 6.07) is 0.865. The first-order valence-electron chi connectivity index (χ1n) is 13.4. The molecule has 1 atom stereocenters. The van der Waals surface area contributed by atoms with Gasteiger partial charge in [-0.1, -0.05) is 20.4 Å². The SMILES string of the molecule is C=CC(=O)N1CCN(c2nc(=O)n(-c3c(C(C)C)cncc3S(C)(=O)=O)c3nc(-c4ncncc4N)c(F)cc23)[C@@H](C)C1. The predicted molar refractivity (Wildman–Crippen MR) is 159 cm³/mol. The lowest BCUT2D eigenvalue weighted by atomic mass is 10.0. The molecule has 1 aliphatic heterocycles. The molecule has 5 heterocycles. The monoisotopic (exact) mass is 607 g/mol. The molecule has 1 amide bonds. The minimum Gasteiger partial charge on any atom is -0.396 e. The molecule has 1 fully saturated rings. The fraction of sp³-hybridized carbons (Fsp3) is 0.321. The van der Waals surface area contributed by atoms with Gasteiger partial charge in [-0.3, -0.25) is 9.78 Å². The number of amides is 1. The molecule has 2 N–H and O–H groups in total. The van der Waals surface area contributed by atoms with Crippen LogP contribution in [-0.2, 0) is 14.6 Å². The lowest BCUT2D eigenvalue weighted by molar-refractivity contribution is -0.126. The number of halogens is 1. The fourth-order valence-corrected chi connectivity index (χ4v) is 6.03. The van der Waals surface area contributed by atoms with E-state index in [9.17, 15) is 18.0 Å². The molecule has 0 radical (unpaired) electrons. The van der Waals surface area contributed by atoms with Crippen LogP contribution in [0.15, 0.2) is 53.3 Å². The van der Waals surface area contributed by atoms with Gasteiger partial charge in [-0.25, -0.2) is 37.1 Å². The van der Waals surface area contributed by atoms with Crippen molar-refractivity contribution in [1.82, 2.24) is 34.4 Å². The van der Waals surface area contributed by atoms with Crippen LogP contribution in [0.1, 0.15) is 32.3 Å². The molecular formula is C28H30FN9O4S. The van der Waals surface area contributed by atoms with Crippen LogP contribution in [0.25, 0.3) is 28.1 Å². The van der Waals surface area contributed by atoms with E-state index in [-0.39, 0.29) is 68.9 Å². The summed E-state index contributed by atoms with van der Waals surface area (Å²) >= 11 is 0. The number of piperazine rings is 1. The van der Waals surface area contributed by atoms with Crippen LogP contribution < -0.4 is 16.3 Å². The molecule has 1 aliphatic rings. The minimum atomic E-state index is -3.90. The molecule has 0 spiro atoms. The lowest BCUT2D eigenvalue weighted by Crippen LogP contribution is -2.54. The van der Waals surface area contributed by atoms with Gasteiger partial charge in [0.05, 0.1) is 23.0 Å². The summed E-state index contributed by atoms with van der Waals surface area (Å²) in [4.78, 5) is 50.5. The van der Waals surface area contributed by atoms with Crippen molar-refractivity contribution >= 4 is 38.3 Å². The number of aromatic nitrogens is 6. The predicted octanol–water partition coefficient (Wildman–Crippen LogP) is 2.10. The largest absolute Gasteiger partial charge is 0.396 e. The second kappa shape index (κ2) is 11.1. The topological polar surface area (TPSA) is 170 Å². The number of sulfone groups is 1. The van der Waals surface area contributed by atoms with Crippen molar-refractivity contribution in [1.29, 1.82) is 0 Å². The Morgan fingerprint density at radius 2 is 1.91 bits per heavy atom. The summed E-state index contributed by atoms with van der Waals surface area (Å²) in [6.45, 7) is 9.96. The van der Waals surface area contributed by atoms with E-state index >= 15 is 4.39 Å². The molecule has 0 bridgehead atoms. The van der Waals surface area contributed by atoms with Gasteiger partial charge in [-0.05, 0) is 30.5 Å². The Kier molecular flexibility index (Phi) is 7.69. The second-order valence-corrected chi connectivity index (χ2v) is 12.6. The molecule has 4 aromatic rings. The number of hydrogen-bond acceptors (Lipinski definition) is 11. The summed E-state index contributed by atoms with van der Waals surface area (Å²) in [6.07, 6.45) is 7.37. The van der Waals surface area contributed by atoms with Crippen LogP contribution in [0.4, 0.5) is 15.9 Å². The van der Waals surface area contributed by atoms with E-state index in [0.717, 1.165) is 17.0 Å². The number of fused-ring (bicyclic) bond motifs is 1. The maximum atomic E-state index is 15.9. The molecule has 15 heteroatoms. The molecule has 5 rings (SSSR count). The first kappa shape index (κ1) is 29.7. The summed E-state index contributed by atoms with van der Waals surface area (Å²) in [5.41, 5.74) is 5.43. The molecule has 43 heavy (non-hydrogen) atoms. The highest BCUT2D eigenvalue weighted by Gasteiger charge is 2.31. The van der Waals surface area contributed by atoms with Crippen molar-refractivity contribution in [3.63, 3.8) is 0 Å². The molecule has 224 valence electrons. The smallest absolute Gasteiger partial charge is 0.355 e. The molecule has 0 aliphatic carbocycles. The van der Waals surface area contributed by atoms with E-state index in [2.05, 4.69) is 31.5 Å². The van der Waals surface area contributed by atoms with Crippen LogP contribution in [-0.4, -0.2) is 80.6 Å². The second-order valence-electron chi connectivity index (χ2n) is 10.6. The van der Waals surface area contributed by atoms with Crippen LogP contribution in [0.5, 0.6) is 0 Å². The van der Waals surface area contributed by atoms with Crippen molar-refractivity contribution in [2.24, 2.45) is 0 Å².